The number of benzene rings is 1. The van der Waals surface area contributed by atoms with Crippen LogP contribution in [0.5, 0.6) is 0 Å². The van der Waals surface area contributed by atoms with Crippen LogP contribution in [-0.4, -0.2) is 42.8 Å². The van der Waals surface area contributed by atoms with Crippen molar-refractivity contribution in [3.63, 3.8) is 0 Å². The van der Waals surface area contributed by atoms with Crippen LogP contribution in [0.1, 0.15) is 13.3 Å². The van der Waals surface area contributed by atoms with Crippen molar-refractivity contribution in [3.8, 4) is 0 Å². The van der Waals surface area contributed by atoms with Crippen molar-refractivity contribution in [1.82, 2.24) is 4.90 Å². The number of thioether (sulfide) groups is 1. The molecule has 0 saturated heterocycles. The average molecular weight is 283 g/mol. The van der Waals surface area contributed by atoms with Crippen LogP contribution < -0.4 is 5.32 Å². The minimum absolute atomic E-state index is 0.194. The smallest absolute Gasteiger partial charge is 0.305 e. The van der Waals surface area contributed by atoms with E-state index in [2.05, 4.69) is 10.2 Å². The van der Waals surface area contributed by atoms with Crippen LogP contribution in [0, 0.1) is 10.1 Å². The molecule has 0 aliphatic carbocycles. The lowest BCUT2D eigenvalue weighted by molar-refractivity contribution is -0.386. The molecule has 0 amide bonds. The van der Waals surface area contributed by atoms with Crippen molar-refractivity contribution in [2.75, 3.05) is 38.3 Å². The Morgan fingerprint density at radius 2 is 2.16 bits per heavy atom. The Kier molecular flexibility index (Phi) is 6.66. The highest BCUT2D eigenvalue weighted by atomic mass is 32.2. The summed E-state index contributed by atoms with van der Waals surface area (Å²) in [4.78, 5) is 13.7. The fourth-order valence-electron chi connectivity index (χ4n) is 1.57. The van der Waals surface area contributed by atoms with Gasteiger partial charge in [0.25, 0.3) is 0 Å². The number of nitro benzene ring substituents is 1. The van der Waals surface area contributed by atoms with Crippen molar-refractivity contribution in [2.24, 2.45) is 0 Å². The molecule has 0 aliphatic rings. The van der Waals surface area contributed by atoms with Gasteiger partial charge in [0.05, 0.1) is 9.82 Å². The van der Waals surface area contributed by atoms with Gasteiger partial charge < -0.3 is 10.2 Å². The zero-order valence-electron chi connectivity index (χ0n) is 11.7. The third-order valence-electron chi connectivity index (χ3n) is 2.54. The Labute approximate surface area is 118 Å². The van der Waals surface area contributed by atoms with E-state index in [4.69, 9.17) is 0 Å². The largest absolute Gasteiger partial charge is 0.379 e. The summed E-state index contributed by atoms with van der Waals surface area (Å²) in [7, 11) is 3.99. The molecule has 0 unspecified atom stereocenters. The second-order valence-electron chi connectivity index (χ2n) is 4.49. The van der Waals surface area contributed by atoms with E-state index in [1.54, 1.807) is 6.07 Å². The van der Waals surface area contributed by atoms with Gasteiger partial charge in [-0.3, -0.25) is 10.1 Å². The molecule has 0 saturated carbocycles. The molecule has 0 aromatic heterocycles. The molecule has 1 aromatic carbocycles. The maximum Gasteiger partial charge on any atom is 0.305 e. The molecule has 0 fully saturated rings. The highest BCUT2D eigenvalue weighted by Crippen LogP contribution is 2.35. The van der Waals surface area contributed by atoms with Crippen LogP contribution in [0.25, 0.3) is 0 Å². The quantitative estimate of drug-likeness (QED) is 0.451. The molecule has 0 aliphatic heterocycles. The summed E-state index contributed by atoms with van der Waals surface area (Å²) in [6.45, 7) is 3.68. The molecule has 106 valence electrons. The van der Waals surface area contributed by atoms with Crippen molar-refractivity contribution >= 4 is 23.1 Å². The van der Waals surface area contributed by atoms with E-state index in [0.717, 1.165) is 30.2 Å². The Morgan fingerprint density at radius 3 is 2.74 bits per heavy atom. The number of anilines is 1. The highest BCUT2D eigenvalue weighted by molar-refractivity contribution is 7.99. The Bertz CT molecular complexity index is 424. The first-order valence-electron chi connectivity index (χ1n) is 6.35. The Hall–Kier alpha value is -1.27. The first-order valence-corrected chi connectivity index (χ1v) is 7.33. The van der Waals surface area contributed by atoms with E-state index in [9.17, 15) is 10.1 Å². The van der Waals surface area contributed by atoms with Gasteiger partial charge >= 0.3 is 5.69 Å². The number of para-hydroxylation sites is 1. The molecule has 1 N–H and O–H groups in total. The maximum atomic E-state index is 11.2. The predicted molar refractivity (Wildman–Crippen MR) is 81.2 cm³/mol. The Morgan fingerprint density at radius 1 is 1.42 bits per heavy atom. The summed E-state index contributed by atoms with van der Waals surface area (Å²) in [5, 5.41) is 14.4. The molecular formula is C13H21N3O2S. The molecule has 1 rings (SSSR count). The number of hydrogen-bond acceptors (Lipinski definition) is 5. The van der Waals surface area contributed by atoms with E-state index >= 15 is 0 Å². The molecule has 5 nitrogen and oxygen atoms in total. The SMILES string of the molecule is CCCNc1cccc(SCCN(C)C)c1[N+](=O)[O-]. The van der Waals surface area contributed by atoms with Crippen LogP contribution in [0.15, 0.2) is 23.1 Å². The van der Waals surface area contributed by atoms with Crippen LogP contribution in [0.4, 0.5) is 11.4 Å². The van der Waals surface area contributed by atoms with E-state index in [1.165, 1.54) is 11.8 Å². The molecule has 0 atom stereocenters. The summed E-state index contributed by atoms with van der Waals surface area (Å²) >= 11 is 1.53. The number of nitro groups is 1. The lowest BCUT2D eigenvalue weighted by atomic mass is 10.2. The maximum absolute atomic E-state index is 11.2. The fourth-order valence-corrected chi connectivity index (χ4v) is 2.74. The van der Waals surface area contributed by atoms with E-state index in [1.807, 2.05) is 33.2 Å². The first-order chi connectivity index (χ1) is 9.06. The molecule has 0 radical (unpaired) electrons. The zero-order valence-corrected chi connectivity index (χ0v) is 12.5. The van der Waals surface area contributed by atoms with Crippen molar-refractivity contribution in [2.45, 2.75) is 18.2 Å². The van der Waals surface area contributed by atoms with Crippen LogP contribution in [0.2, 0.25) is 0 Å². The van der Waals surface area contributed by atoms with Crippen molar-refractivity contribution in [3.05, 3.63) is 28.3 Å². The fraction of sp³-hybridized carbons (Fsp3) is 0.538. The van der Waals surface area contributed by atoms with Gasteiger partial charge in [0.2, 0.25) is 0 Å². The number of nitrogens with zero attached hydrogens (tertiary/aromatic N) is 2. The molecule has 0 bridgehead atoms. The van der Waals surface area contributed by atoms with Gasteiger partial charge in [0, 0.05) is 18.8 Å². The van der Waals surface area contributed by atoms with Crippen molar-refractivity contribution in [1.29, 1.82) is 0 Å². The summed E-state index contributed by atoms with van der Waals surface area (Å²) < 4.78 is 0. The minimum atomic E-state index is -0.296. The van der Waals surface area contributed by atoms with Gasteiger partial charge in [-0.1, -0.05) is 13.0 Å². The van der Waals surface area contributed by atoms with Gasteiger partial charge in [-0.05, 0) is 32.6 Å². The average Bonchev–Trinajstić information content (AvgIpc) is 2.35. The second kappa shape index (κ2) is 8.01. The molecule has 0 spiro atoms. The third-order valence-corrected chi connectivity index (χ3v) is 3.57. The molecule has 0 heterocycles. The van der Waals surface area contributed by atoms with Crippen LogP contribution in [-0.2, 0) is 0 Å². The highest BCUT2D eigenvalue weighted by Gasteiger charge is 2.19. The predicted octanol–water partition coefficient (Wildman–Crippen LogP) is 3.07. The van der Waals surface area contributed by atoms with Crippen molar-refractivity contribution < 1.29 is 4.92 Å². The monoisotopic (exact) mass is 283 g/mol. The first kappa shape index (κ1) is 15.8. The second-order valence-corrected chi connectivity index (χ2v) is 5.62. The van der Waals surface area contributed by atoms with Gasteiger partial charge in [0.1, 0.15) is 5.69 Å². The minimum Gasteiger partial charge on any atom is -0.379 e. The molecule has 6 heteroatoms. The number of nitrogens with one attached hydrogen (secondary N) is 1. The third kappa shape index (κ3) is 5.08. The normalized spacial score (nSPS) is 10.7. The topological polar surface area (TPSA) is 58.4 Å². The van der Waals surface area contributed by atoms with Crippen LogP contribution >= 0.6 is 11.8 Å². The van der Waals surface area contributed by atoms with E-state index in [-0.39, 0.29) is 10.6 Å². The van der Waals surface area contributed by atoms with Crippen LogP contribution in [0.3, 0.4) is 0 Å². The number of hydrogen-bond donors (Lipinski definition) is 1. The summed E-state index contributed by atoms with van der Waals surface area (Å²) in [6, 6.07) is 5.45. The van der Waals surface area contributed by atoms with Gasteiger partial charge in [-0.2, -0.15) is 0 Å². The van der Waals surface area contributed by atoms with Gasteiger partial charge in [-0.15, -0.1) is 11.8 Å². The van der Waals surface area contributed by atoms with Gasteiger partial charge in [-0.25, -0.2) is 0 Å². The number of rotatable bonds is 8. The van der Waals surface area contributed by atoms with E-state index < -0.39 is 0 Å². The summed E-state index contributed by atoms with van der Waals surface area (Å²) in [6.07, 6.45) is 0.940. The molecule has 19 heavy (non-hydrogen) atoms. The lowest BCUT2D eigenvalue weighted by Gasteiger charge is -2.11. The molecule has 1 aromatic rings. The molecular weight excluding hydrogens is 262 g/mol. The summed E-state index contributed by atoms with van der Waals surface area (Å²) in [5.41, 5.74) is 0.807. The zero-order chi connectivity index (χ0) is 14.3. The summed E-state index contributed by atoms with van der Waals surface area (Å²) in [5.74, 6) is 0.838. The van der Waals surface area contributed by atoms with E-state index in [0.29, 0.717) is 5.69 Å². The Balaban J connectivity index is 2.86. The lowest BCUT2D eigenvalue weighted by Crippen LogP contribution is -2.14. The van der Waals surface area contributed by atoms with Gasteiger partial charge in [0.15, 0.2) is 0 Å². The standard InChI is InChI=1S/C13H21N3O2S/c1-4-8-14-11-6-5-7-12(13(11)16(17)18)19-10-9-15(2)3/h5-7,14H,4,8-10H2,1-3H3.